The molecule has 0 aliphatic heterocycles. The van der Waals surface area contributed by atoms with Crippen molar-refractivity contribution in [3.8, 4) is 0 Å². The molecule has 0 aliphatic carbocycles. The van der Waals surface area contributed by atoms with E-state index in [1.54, 1.807) is 6.92 Å². The Balaban J connectivity index is 3.39. The summed E-state index contributed by atoms with van der Waals surface area (Å²) < 4.78 is 0. The smallest absolute Gasteiger partial charge is 0.315 e. The molecule has 0 radical (unpaired) electrons. The number of carbonyl (C=O) groups excluding carboxylic acids is 1. The van der Waals surface area contributed by atoms with Crippen molar-refractivity contribution in [3.63, 3.8) is 0 Å². The molecule has 0 aliphatic rings. The third-order valence-corrected chi connectivity index (χ3v) is 2.67. The molecule has 106 valence electrons. The Morgan fingerprint density at radius 1 is 1.11 bits per heavy atom. The van der Waals surface area contributed by atoms with Gasteiger partial charge in [-0.1, -0.05) is 39.0 Å². The van der Waals surface area contributed by atoms with Crippen molar-refractivity contribution in [3.05, 3.63) is 0 Å². The van der Waals surface area contributed by atoms with Gasteiger partial charge in [-0.3, -0.25) is 4.79 Å². The molecule has 3 N–H and O–H groups in total. The van der Waals surface area contributed by atoms with Crippen molar-refractivity contribution in [1.29, 1.82) is 0 Å². The second-order valence-corrected chi connectivity index (χ2v) is 4.67. The number of unbranched alkanes of at least 4 members (excludes halogenated alkanes) is 5. The van der Waals surface area contributed by atoms with Crippen molar-refractivity contribution >= 4 is 12.0 Å². The zero-order valence-corrected chi connectivity index (χ0v) is 11.5. The number of carboxylic acid groups (broad SMARTS) is 1. The second kappa shape index (κ2) is 10.9. The van der Waals surface area contributed by atoms with Gasteiger partial charge in [0.1, 0.15) is 0 Å². The Hall–Kier alpha value is -1.26. The van der Waals surface area contributed by atoms with E-state index in [0.29, 0.717) is 6.54 Å². The third kappa shape index (κ3) is 11.2. The zero-order chi connectivity index (χ0) is 13.8. The van der Waals surface area contributed by atoms with Gasteiger partial charge in [0.05, 0.1) is 6.42 Å². The number of carbonyl (C=O) groups is 2. The third-order valence-electron chi connectivity index (χ3n) is 2.67. The summed E-state index contributed by atoms with van der Waals surface area (Å²) in [6, 6.07) is -0.621. The zero-order valence-electron chi connectivity index (χ0n) is 11.5. The summed E-state index contributed by atoms with van der Waals surface area (Å²) in [6.07, 6.45) is 7.05. The molecule has 0 rings (SSSR count). The lowest BCUT2D eigenvalue weighted by Crippen LogP contribution is -2.41. The fourth-order valence-electron chi connectivity index (χ4n) is 1.70. The molecule has 0 saturated heterocycles. The summed E-state index contributed by atoms with van der Waals surface area (Å²) >= 11 is 0. The van der Waals surface area contributed by atoms with Gasteiger partial charge < -0.3 is 15.7 Å². The number of nitrogens with one attached hydrogen (secondary N) is 2. The Bertz CT molecular complexity index is 244. The van der Waals surface area contributed by atoms with Crippen molar-refractivity contribution in [2.75, 3.05) is 6.54 Å². The molecule has 0 aromatic carbocycles. The summed E-state index contributed by atoms with van der Waals surface area (Å²) in [6.45, 7) is 4.51. The molecule has 0 saturated carbocycles. The Kier molecular flexibility index (Phi) is 10.1. The number of hydrogen-bond acceptors (Lipinski definition) is 2. The van der Waals surface area contributed by atoms with Crippen molar-refractivity contribution in [2.45, 2.75) is 64.8 Å². The van der Waals surface area contributed by atoms with E-state index in [1.807, 2.05) is 0 Å². The van der Waals surface area contributed by atoms with Crippen LogP contribution in [0.3, 0.4) is 0 Å². The van der Waals surface area contributed by atoms with Crippen LogP contribution in [-0.4, -0.2) is 29.7 Å². The van der Waals surface area contributed by atoms with E-state index in [-0.39, 0.29) is 18.5 Å². The monoisotopic (exact) mass is 258 g/mol. The predicted molar refractivity (Wildman–Crippen MR) is 71.6 cm³/mol. The first kappa shape index (κ1) is 16.7. The molecule has 5 heteroatoms. The van der Waals surface area contributed by atoms with Crippen LogP contribution in [-0.2, 0) is 4.79 Å². The number of carboxylic acids is 1. The molecule has 0 aromatic heterocycles. The van der Waals surface area contributed by atoms with Crippen molar-refractivity contribution in [1.82, 2.24) is 10.6 Å². The molecule has 0 fully saturated rings. The summed E-state index contributed by atoms with van der Waals surface area (Å²) in [5.74, 6) is -0.904. The maximum atomic E-state index is 11.4. The molecule has 1 atom stereocenters. The fourth-order valence-corrected chi connectivity index (χ4v) is 1.70. The first-order chi connectivity index (χ1) is 8.56. The maximum absolute atomic E-state index is 11.4. The quantitative estimate of drug-likeness (QED) is 0.527. The maximum Gasteiger partial charge on any atom is 0.315 e. The van der Waals surface area contributed by atoms with Crippen LogP contribution >= 0.6 is 0 Å². The summed E-state index contributed by atoms with van der Waals surface area (Å²) in [5.41, 5.74) is 0. The van der Waals surface area contributed by atoms with Crippen LogP contribution < -0.4 is 10.6 Å². The average molecular weight is 258 g/mol. The van der Waals surface area contributed by atoms with Crippen LogP contribution in [0.4, 0.5) is 4.79 Å². The number of amides is 2. The topological polar surface area (TPSA) is 78.4 Å². The van der Waals surface area contributed by atoms with E-state index >= 15 is 0 Å². The standard InChI is InChI=1S/C13H26N2O3/c1-3-4-5-6-7-8-9-14-13(18)15-11(2)10-12(16)17/h11H,3-10H2,1-2H3,(H,16,17)(H2,14,15,18). The fraction of sp³-hybridized carbons (Fsp3) is 0.846. The SMILES string of the molecule is CCCCCCCCNC(=O)NC(C)CC(=O)O. The van der Waals surface area contributed by atoms with E-state index in [1.165, 1.54) is 25.7 Å². The normalized spacial score (nSPS) is 11.9. The molecule has 1 unspecified atom stereocenters. The lowest BCUT2D eigenvalue weighted by molar-refractivity contribution is -0.137. The predicted octanol–water partition coefficient (Wildman–Crippen LogP) is 2.51. The highest BCUT2D eigenvalue weighted by Crippen LogP contribution is 2.03. The number of urea groups is 1. The molecule has 0 aromatic rings. The van der Waals surface area contributed by atoms with Gasteiger partial charge in [0.15, 0.2) is 0 Å². The van der Waals surface area contributed by atoms with Crippen LogP contribution in [0, 0.1) is 0 Å². The molecule has 0 spiro atoms. The van der Waals surface area contributed by atoms with Crippen LogP contribution in [0.5, 0.6) is 0 Å². The average Bonchev–Trinajstić information content (AvgIpc) is 2.26. The molecule has 18 heavy (non-hydrogen) atoms. The van der Waals surface area contributed by atoms with Crippen molar-refractivity contribution < 1.29 is 14.7 Å². The molecular formula is C13H26N2O3. The van der Waals surface area contributed by atoms with E-state index in [4.69, 9.17) is 5.11 Å². The minimum Gasteiger partial charge on any atom is -0.481 e. The molecular weight excluding hydrogens is 232 g/mol. The number of rotatable bonds is 10. The van der Waals surface area contributed by atoms with Crippen LogP contribution in [0.2, 0.25) is 0 Å². The van der Waals surface area contributed by atoms with Gasteiger partial charge in [0.2, 0.25) is 0 Å². The molecule has 0 bridgehead atoms. The minimum absolute atomic E-state index is 0.0512. The van der Waals surface area contributed by atoms with E-state index in [2.05, 4.69) is 17.6 Å². The van der Waals surface area contributed by atoms with Crippen molar-refractivity contribution in [2.24, 2.45) is 0 Å². The highest BCUT2D eigenvalue weighted by Gasteiger charge is 2.09. The highest BCUT2D eigenvalue weighted by molar-refractivity contribution is 5.75. The first-order valence-corrected chi connectivity index (χ1v) is 6.82. The molecule has 0 heterocycles. The largest absolute Gasteiger partial charge is 0.481 e. The van der Waals surface area contributed by atoms with E-state index in [9.17, 15) is 9.59 Å². The van der Waals surface area contributed by atoms with Gasteiger partial charge in [-0.05, 0) is 13.3 Å². The summed E-state index contributed by atoms with van der Waals surface area (Å²) in [5, 5.41) is 13.9. The van der Waals surface area contributed by atoms with Gasteiger partial charge >= 0.3 is 12.0 Å². The lowest BCUT2D eigenvalue weighted by Gasteiger charge is -2.12. The molecule has 2 amide bonds. The first-order valence-electron chi connectivity index (χ1n) is 6.82. The van der Waals surface area contributed by atoms with Crippen LogP contribution in [0.15, 0.2) is 0 Å². The van der Waals surface area contributed by atoms with Gasteiger partial charge in [0, 0.05) is 12.6 Å². The summed E-state index contributed by atoms with van der Waals surface area (Å²) in [4.78, 5) is 21.8. The van der Waals surface area contributed by atoms with Gasteiger partial charge in [-0.15, -0.1) is 0 Å². The van der Waals surface area contributed by atoms with Crippen LogP contribution in [0.1, 0.15) is 58.8 Å². The summed E-state index contributed by atoms with van der Waals surface area (Å²) in [7, 11) is 0. The Morgan fingerprint density at radius 3 is 2.33 bits per heavy atom. The highest BCUT2D eigenvalue weighted by atomic mass is 16.4. The second-order valence-electron chi connectivity index (χ2n) is 4.67. The molecule has 5 nitrogen and oxygen atoms in total. The Labute approximate surface area is 109 Å². The van der Waals surface area contributed by atoms with E-state index in [0.717, 1.165) is 12.8 Å². The van der Waals surface area contributed by atoms with Gasteiger partial charge in [-0.2, -0.15) is 0 Å². The number of hydrogen-bond donors (Lipinski definition) is 3. The number of aliphatic carboxylic acids is 1. The van der Waals surface area contributed by atoms with E-state index < -0.39 is 5.97 Å². The van der Waals surface area contributed by atoms with Gasteiger partial charge in [0.25, 0.3) is 0 Å². The lowest BCUT2D eigenvalue weighted by atomic mass is 10.1. The minimum atomic E-state index is -0.904. The van der Waals surface area contributed by atoms with Gasteiger partial charge in [-0.25, -0.2) is 4.79 Å². The van der Waals surface area contributed by atoms with Crippen LogP contribution in [0.25, 0.3) is 0 Å². The Morgan fingerprint density at radius 2 is 1.72 bits per heavy atom.